The second kappa shape index (κ2) is 9.57. The Balaban J connectivity index is 1.65. The summed E-state index contributed by atoms with van der Waals surface area (Å²) in [5.74, 6) is -1.46. The molecule has 7 heteroatoms. The zero-order valence-electron chi connectivity index (χ0n) is 19.0. The van der Waals surface area contributed by atoms with Crippen LogP contribution in [0.4, 0.5) is 5.69 Å². The highest BCUT2D eigenvalue weighted by Gasteiger charge is 2.46. The number of anilines is 1. The van der Waals surface area contributed by atoms with Crippen molar-refractivity contribution in [1.29, 1.82) is 0 Å². The van der Waals surface area contributed by atoms with Crippen LogP contribution in [0, 0.1) is 6.92 Å². The van der Waals surface area contributed by atoms with E-state index in [1.54, 1.807) is 23.1 Å². The van der Waals surface area contributed by atoms with Crippen molar-refractivity contribution in [2.75, 3.05) is 12.0 Å². The smallest absolute Gasteiger partial charge is 0.337 e. The molecule has 0 spiro atoms. The third-order valence-electron chi connectivity index (χ3n) is 6.47. The van der Waals surface area contributed by atoms with Gasteiger partial charge in [0.2, 0.25) is 5.91 Å². The number of carbonyl (C=O) groups is 4. The van der Waals surface area contributed by atoms with Crippen molar-refractivity contribution in [2.45, 2.75) is 57.5 Å². The van der Waals surface area contributed by atoms with Gasteiger partial charge < -0.3 is 9.64 Å². The number of benzene rings is 2. The minimum atomic E-state index is -0.839. The van der Waals surface area contributed by atoms with Gasteiger partial charge in [-0.05, 0) is 56.2 Å². The lowest BCUT2D eigenvalue weighted by Gasteiger charge is -2.37. The molecule has 1 heterocycles. The van der Waals surface area contributed by atoms with Gasteiger partial charge in [-0.2, -0.15) is 0 Å². The van der Waals surface area contributed by atoms with Crippen molar-refractivity contribution >= 4 is 29.4 Å². The lowest BCUT2D eigenvalue weighted by atomic mass is 9.92. The number of nitrogens with zero attached hydrogens (tertiary/aromatic N) is 2. The SMILES string of the molecule is COC(=O)c1ccc(N2C(=O)CC(N(C(=O)c3cccc(C)c3)C3CCCCC3)C2=O)cc1. The van der Waals surface area contributed by atoms with E-state index in [9.17, 15) is 19.2 Å². The average Bonchev–Trinajstić information content (AvgIpc) is 3.12. The first-order chi connectivity index (χ1) is 15.9. The number of amides is 3. The molecule has 0 bridgehead atoms. The number of carbonyl (C=O) groups excluding carboxylic acids is 4. The Kier molecular flexibility index (Phi) is 6.58. The molecule has 1 atom stereocenters. The Morgan fingerprint density at radius 1 is 0.970 bits per heavy atom. The second-order valence-corrected chi connectivity index (χ2v) is 8.70. The van der Waals surface area contributed by atoms with Gasteiger partial charge in [0.15, 0.2) is 0 Å². The number of rotatable bonds is 5. The van der Waals surface area contributed by atoms with Crippen LogP contribution in [0.2, 0.25) is 0 Å². The summed E-state index contributed by atoms with van der Waals surface area (Å²) in [7, 11) is 1.29. The Morgan fingerprint density at radius 3 is 2.30 bits per heavy atom. The monoisotopic (exact) mass is 448 g/mol. The maximum atomic E-state index is 13.6. The van der Waals surface area contributed by atoms with Crippen LogP contribution < -0.4 is 4.90 Å². The summed E-state index contributed by atoms with van der Waals surface area (Å²) in [4.78, 5) is 54.6. The van der Waals surface area contributed by atoms with Crippen LogP contribution in [0.5, 0.6) is 0 Å². The zero-order chi connectivity index (χ0) is 23.5. The largest absolute Gasteiger partial charge is 0.465 e. The lowest BCUT2D eigenvalue weighted by Crippen LogP contribution is -2.51. The Hall–Kier alpha value is -3.48. The zero-order valence-corrected chi connectivity index (χ0v) is 19.0. The minimum absolute atomic E-state index is 0.0500. The Morgan fingerprint density at radius 2 is 1.67 bits per heavy atom. The Bertz CT molecular complexity index is 1070. The summed E-state index contributed by atoms with van der Waals surface area (Å²) in [5, 5.41) is 0. The fourth-order valence-corrected chi connectivity index (χ4v) is 4.82. The fourth-order valence-electron chi connectivity index (χ4n) is 4.82. The maximum Gasteiger partial charge on any atom is 0.337 e. The summed E-state index contributed by atoms with van der Waals surface area (Å²) in [6.07, 6.45) is 4.70. The van der Waals surface area contributed by atoms with E-state index in [1.807, 2.05) is 25.1 Å². The molecule has 2 aromatic carbocycles. The Labute approximate surface area is 193 Å². The van der Waals surface area contributed by atoms with Gasteiger partial charge in [-0.25, -0.2) is 9.69 Å². The topological polar surface area (TPSA) is 84.0 Å². The lowest BCUT2D eigenvalue weighted by molar-refractivity contribution is -0.123. The van der Waals surface area contributed by atoms with Gasteiger partial charge in [0, 0.05) is 11.6 Å². The molecule has 7 nitrogen and oxygen atoms in total. The fraction of sp³-hybridized carbons (Fsp3) is 0.385. The van der Waals surface area contributed by atoms with Crippen molar-refractivity contribution in [3.05, 3.63) is 65.2 Å². The van der Waals surface area contributed by atoms with E-state index in [-0.39, 0.29) is 24.3 Å². The van der Waals surface area contributed by atoms with Gasteiger partial charge in [-0.3, -0.25) is 14.4 Å². The quantitative estimate of drug-likeness (QED) is 0.512. The van der Waals surface area contributed by atoms with Crippen molar-refractivity contribution in [3.63, 3.8) is 0 Å². The molecule has 0 aromatic heterocycles. The number of esters is 1. The molecule has 33 heavy (non-hydrogen) atoms. The highest BCUT2D eigenvalue weighted by atomic mass is 16.5. The summed E-state index contributed by atoms with van der Waals surface area (Å²) < 4.78 is 4.71. The van der Waals surface area contributed by atoms with Crippen LogP contribution in [-0.2, 0) is 14.3 Å². The van der Waals surface area contributed by atoms with Gasteiger partial charge in [-0.15, -0.1) is 0 Å². The van der Waals surface area contributed by atoms with E-state index in [1.165, 1.54) is 19.2 Å². The maximum absolute atomic E-state index is 13.6. The number of hydrogen-bond donors (Lipinski definition) is 0. The summed E-state index contributed by atoms with van der Waals surface area (Å²) in [5.41, 5.74) is 2.20. The first kappa shape index (κ1) is 22.7. The standard InChI is InChI=1S/C26H28N2O5/c1-17-7-6-8-19(15-17)24(30)27(20-9-4-3-5-10-20)22-16-23(29)28(25(22)31)21-13-11-18(12-14-21)26(32)33-2/h6-8,11-15,20,22H,3-5,9-10,16H2,1-2H3. The molecule has 1 aliphatic heterocycles. The first-order valence-electron chi connectivity index (χ1n) is 11.3. The molecular weight excluding hydrogens is 420 g/mol. The van der Waals surface area contributed by atoms with Gasteiger partial charge in [0.25, 0.3) is 11.8 Å². The molecular formula is C26H28N2O5. The van der Waals surface area contributed by atoms with Crippen molar-refractivity contribution in [2.24, 2.45) is 0 Å². The highest BCUT2D eigenvalue weighted by Crippen LogP contribution is 2.32. The predicted molar refractivity (Wildman–Crippen MR) is 123 cm³/mol. The van der Waals surface area contributed by atoms with Crippen molar-refractivity contribution in [3.8, 4) is 0 Å². The normalized spacial score (nSPS) is 19.0. The predicted octanol–water partition coefficient (Wildman–Crippen LogP) is 3.89. The summed E-state index contributed by atoms with van der Waals surface area (Å²) in [6.45, 7) is 1.92. The van der Waals surface area contributed by atoms with E-state index >= 15 is 0 Å². The molecule has 1 saturated carbocycles. The molecule has 0 N–H and O–H groups in total. The summed E-state index contributed by atoms with van der Waals surface area (Å²) in [6, 6.07) is 12.6. The number of aryl methyl sites for hydroxylation is 1. The van der Waals surface area contributed by atoms with Gasteiger partial charge in [0.05, 0.1) is 24.8 Å². The van der Waals surface area contributed by atoms with Crippen molar-refractivity contribution in [1.82, 2.24) is 4.90 Å². The van der Waals surface area contributed by atoms with Gasteiger partial charge in [-0.1, -0.05) is 37.0 Å². The molecule has 1 unspecified atom stereocenters. The van der Waals surface area contributed by atoms with Crippen LogP contribution in [0.15, 0.2) is 48.5 Å². The average molecular weight is 449 g/mol. The number of ether oxygens (including phenoxy) is 1. The molecule has 2 aliphatic rings. The first-order valence-corrected chi connectivity index (χ1v) is 11.3. The van der Waals surface area contributed by atoms with Crippen LogP contribution in [0.3, 0.4) is 0 Å². The van der Waals surface area contributed by atoms with E-state index in [0.717, 1.165) is 42.6 Å². The minimum Gasteiger partial charge on any atom is -0.465 e. The van der Waals surface area contributed by atoms with E-state index in [2.05, 4.69) is 0 Å². The molecule has 4 rings (SSSR count). The van der Waals surface area contributed by atoms with E-state index in [4.69, 9.17) is 4.74 Å². The van der Waals surface area contributed by atoms with E-state index < -0.39 is 17.9 Å². The molecule has 0 radical (unpaired) electrons. The van der Waals surface area contributed by atoms with Gasteiger partial charge >= 0.3 is 5.97 Å². The van der Waals surface area contributed by atoms with Crippen LogP contribution in [0.1, 0.15) is 64.8 Å². The second-order valence-electron chi connectivity index (χ2n) is 8.70. The van der Waals surface area contributed by atoms with Gasteiger partial charge in [0.1, 0.15) is 6.04 Å². The third kappa shape index (κ3) is 4.53. The third-order valence-corrected chi connectivity index (χ3v) is 6.47. The number of hydrogen-bond acceptors (Lipinski definition) is 5. The number of imide groups is 1. The van der Waals surface area contributed by atoms with Crippen LogP contribution in [-0.4, -0.2) is 47.8 Å². The summed E-state index contributed by atoms with van der Waals surface area (Å²) >= 11 is 0. The number of methoxy groups -OCH3 is 1. The molecule has 1 aliphatic carbocycles. The van der Waals surface area contributed by atoms with E-state index in [0.29, 0.717) is 16.8 Å². The molecule has 3 amide bonds. The van der Waals surface area contributed by atoms with Crippen LogP contribution in [0.25, 0.3) is 0 Å². The molecule has 2 fully saturated rings. The molecule has 2 aromatic rings. The highest BCUT2D eigenvalue weighted by molar-refractivity contribution is 6.23. The molecule has 1 saturated heterocycles. The molecule has 172 valence electrons. The van der Waals surface area contributed by atoms with Crippen molar-refractivity contribution < 1.29 is 23.9 Å². The van der Waals surface area contributed by atoms with Crippen LogP contribution >= 0.6 is 0 Å².